The van der Waals surface area contributed by atoms with Crippen molar-refractivity contribution in [3.05, 3.63) is 24.0 Å². The zero-order chi connectivity index (χ0) is 13.4. The van der Waals surface area contributed by atoms with Crippen molar-refractivity contribution in [1.29, 1.82) is 0 Å². The summed E-state index contributed by atoms with van der Waals surface area (Å²) in [5.41, 5.74) is 6.43. The van der Waals surface area contributed by atoms with Crippen molar-refractivity contribution in [2.75, 3.05) is 6.61 Å². The van der Waals surface area contributed by atoms with Gasteiger partial charge in [0, 0.05) is 6.20 Å². The van der Waals surface area contributed by atoms with Crippen LogP contribution in [0.25, 0.3) is 0 Å². The lowest BCUT2D eigenvalue weighted by atomic mass is 10.0. The van der Waals surface area contributed by atoms with Crippen molar-refractivity contribution in [3.63, 3.8) is 0 Å². The Morgan fingerprint density at radius 3 is 2.89 bits per heavy atom. The minimum atomic E-state index is 0.356. The lowest BCUT2D eigenvalue weighted by molar-refractivity contribution is 0.232. The molecule has 0 aliphatic heterocycles. The maximum atomic E-state index is 5.82. The van der Waals surface area contributed by atoms with Gasteiger partial charge in [0.25, 0.3) is 0 Å². The van der Waals surface area contributed by atoms with Crippen LogP contribution in [-0.4, -0.2) is 16.6 Å². The molecule has 1 atom stereocenters. The Hall–Kier alpha value is -1.16. The molecule has 3 nitrogen and oxygen atoms in total. The molecule has 1 heterocycles. The van der Waals surface area contributed by atoms with Crippen LogP contribution < -0.4 is 10.5 Å². The maximum absolute atomic E-state index is 5.82. The number of ether oxygens (including phenoxy) is 1. The lowest BCUT2D eigenvalue weighted by Crippen LogP contribution is -2.15. The highest BCUT2D eigenvalue weighted by Gasteiger charge is 2.10. The van der Waals surface area contributed by atoms with Crippen LogP contribution in [0, 0.1) is 5.92 Å². The summed E-state index contributed by atoms with van der Waals surface area (Å²) >= 11 is 5.00. The van der Waals surface area contributed by atoms with Crippen LogP contribution in [0.1, 0.15) is 45.1 Å². The van der Waals surface area contributed by atoms with Gasteiger partial charge < -0.3 is 10.5 Å². The molecule has 1 unspecified atom stereocenters. The summed E-state index contributed by atoms with van der Waals surface area (Å²) < 4.78 is 5.82. The molecular weight excluding hydrogens is 244 g/mol. The van der Waals surface area contributed by atoms with E-state index in [0.717, 1.165) is 12.0 Å². The molecule has 0 radical (unpaired) electrons. The van der Waals surface area contributed by atoms with E-state index in [1.54, 1.807) is 18.5 Å². The quantitative estimate of drug-likeness (QED) is 0.733. The highest BCUT2D eigenvalue weighted by atomic mass is 32.1. The van der Waals surface area contributed by atoms with Gasteiger partial charge >= 0.3 is 0 Å². The van der Waals surface area contributed by atoms with E-state index in [-0.39, 0.29) is 0 Å². The summed E-state index contributed by atoms with van der Waals surface area (Å²) in [7, 11) is 0. The van der Waals surface area contributed by atoms with E-state index in [1.807, 2.05) is 0 Å². The zero-order valence-corrected chi connectivity index (χ0v) is 12.0. The molecule has 0 aliphatic carbocycles. The van der Waals surface area contributed by atoms with Crippen LogP contribution in [-0.2, 0) is 0 Å². The number of thiocarbonyl (C=S) groups is 1. The second-order valence-electron chi connectivity index (χ2n) is 4.46. The number of aromatic nitrogens is 1. The number of hydrogen-bond acceptors (Lipinski definition) is 3. The number of hydrogen-bond donors (Lipinski definition) is 1. The molecule has 0 amide bonds. The molecule has 100 valence electrons. The standard InChI is InChI=1S/C14H22N2OS/c1-3-5-6-11(4-2)10-17-13-9-16-8-7-12(13)14(15)18/h7-9,11H,3-6,10H2,1-2H3,(H2,15,18). The molecule has 0 aliphatic rings. The molecule has 1 aromatic rings. The van der Waals surface area contributed by atoms with Gasteiger partial charge in [0.2, 0.25) is 0 Å². The number of nitrogens with two attached hydrogens (primary N) is 1. The summed E-state index contributed by atoms with van der Waals surface area (Å²) in [5.74, 6) is 1.28. The molecule has 0 bridgehead atoms. The van der Waals surface area contributed by atoms with Gasteiger partial charge in [0.1, 0.15) is 10.7 Å². The van der Waals surface area contributed by atoms with E-state index in [1.165, 1.54) is 19.3 Å². The van der Waals surface area contributed by atoms with Gasteiger partial charge in [-0.2, -0.15) is 0 Å². The number of rotatable bonds is 8. The molecule has 4 heteroatoms. The fraction of sp³-hybridized carbons (Fsp3) is 0.571. The summed E-state index contributed by atoms with van der Waals surface area (Å²) in [6.07, 6.45) is 8.16. The summed E-state index contributed by atoms with van der Waals surface area (Å²) in [6.45, 7) is 5.11. The Bertz CT molecular complexity index is 382. The molecule has 18 heavy (non-hydrogen) atoms. The Morgan fingerprint density at radius 1 is 1.50 bits per heavy atom. The number of pyridine rings is 1. The first-order chi connectivity index (χ1) is 8.69. The maximum Gasteiger partial charge on any atom is 0.147 e. The molecule has 1 rings (SSSR count). The average molecular weight is 266 g/mol. The Kier molecular flexibility index (Phi) is 6.65. The van der Waals surface area contributed by atoms with Gasteiger partial charge in [-0.25, -0.2) is 0 Å². The van der Waals surface area contributed by atoms with Crippen molar-refractivity contribution >= 4 is 17.2 Å². The van der Waals surface area contributed by atoms with Gasteiger partial charge in [-0.15, -0.1) is 0 Å². The Labute approximate surface area is 115 Å². The van der Waals surface area contributed by atoms with Gasteiger partial charge in [-0.3, -0.25) is 4.98 Å². The third kappa shape index (κ3) is 4.61. The first-order valence-corrected chi connectivity index (χ1v) is 6.96. The summed E-state index contributed by atoms with van der Waals surface area (Å²) in [5, 5.41) is 0. The van der Waals surface area contributed by atoms with Gasteiger partial charge in [0.15, 0.2) is 0 Å². The minimum absolute atomic E-state index is 0.356. The monoisotopic (exact) mass is 266 g/mol. The van der Waals surface area contributed by atoms with Crippen LogP contribution in [0.4, 0.5) is 0 Å². The highest BCUT2D eigenvalue weighted by molar-refractivity contribution is 7.80. The van der Waals surface area contributed by atoms with Crippen LogP contribution in [0.2, 0.25) is 0 Å². The van der Waals surface area contributed by atoms with E-state index in [0.29, 0.717) is 23.3 Å². The molecule has 0 aromatic carbocycles. The molecular formula is C14H22N2OS. The Morgan fingerprint density at radius 2 is 2.28 bits per heavy atom. The SMILES string of the molecule is CCCCC(CC)COc1cnccc1C(N)=S. The van der Waals surface area contributed by atoms with E-state index in [2.05, 4.69) is 18.8 Å². The van der Waals surface area contributed by atoms with Crippen LogP contribution in [0.15, 0.2) is 18.5 Å². The van der Waals surface area contributed by atoms with E-state index in [4.69, 9.17) is 22.7 Å². The molecule has 0 saturated carbocycles. The van der Waals surface area contributed by atoms with Crippen molar-refractivity contribution in [2.45, 2.75) is 39.5 Å². The van der Waals surface area contributed by atoms with Gasteiger partial charge in [-0.05, 0) is 18.4 Å². The molecule has 0 spiro atoms. The first-order valence-electron chi connectivity index (χ1n) is 6.55. The minimum Gasteiger partial charge on any atom is -0.491 e. The van der Waals surface area contributed by atoms with Crippen molar-refractivity contribution in [3.8, 4) is 5.75 Å². The van der Waals surface area contributed by atoms with Crippen LogP contribution in [0.5, 0.6) is 5.75 Å². The third-order valence-corrected chi connectivity index (χ3v) is 3.29. The average Bonchev–Trinajstić information content (AvgIpc) is 2.39. The predicted molar refractivity (Wildman–Crippen MR) is 78.9 cm³/mol. The molecule has 0 fully saturated rings. The lowest BCUT2D eigenvalue weighted by Gasteiger charge is -2.16. The van der Waals surface area contributed by atoms with Gasteiger partial charge in [-0.1, -0.05) is 45.3 Å². The van der Waals surface area contributed by atoms with E-state index in [9.17, 15) is 0 Å². The van der Waals surface area contributed by atoms with Crippen LogP contribution in [0.3, 0.4) is 0 Å². The molecule has 2 N–H and O–H groups in total. The second-order valence-corrected chi connectivity index (χ2v) is 4.90. The fourth-order valence-corrected chi connectivity index (χ4v) is 1.97. The smallest absolute Gasteiger partial charge is 0.147 e. The second kappa shape index (κ2) is 8.03. The highest BCUT2D eigenvalue weighted by Crippen LogP contribution is 2.19. The largest absolute Gasteiger partial charge is 0.491 e. The number of unbranched alkanes of at least 4 members (excludes halogenated alkanes) is 1. The van der Waals surface area contributed by atoms with Crippen molar-refractivity contribution in [2.24, 2.45) is 11.7 Å². The number of nitrogens with zero attached hydrogens (tertiary/aromatic N) is 1. The topological polar surface area (TPSA) is 48.1 Å². The molecule has 1 aromatic heterocycles. The molecule has 0 saturated heterocycles. The normalized spacial score (nSPS) is 12.1. The summed E-state index contributed by atoms with van der Waals surface area (Å²) in [6, 6.07) is 1.80. The van der Waals surface area contributed by atoms with E-state index < -0.39 is 0 Å². The fourth-order valence-electron chi connectivity index (χ4n) is 1.80. The van der Waals surface area contributed by atoms with Crippen molar-refractivity contribution in [1.82, 2.24) is 4.98 Å². The van der Waals surface area contributed by atoms with Gasteiger partial charge in [0.05, 0.1) is 18.4 Å². The first kappa shape index (κ1) is 14.9. The van der Waals surface area contributed by atoms with E-state index >= 15 is 0 Å². The zero-order valence-electron chi connectivity index (χ0n) is 11.2. The third-order valence-electron chi connectivity index (χ3n) is 3.07. The Balaban J connectivity index is 2.59. The summed E-state index contributed by atoms with van der Waals surface area (Å²) in [4.78, 5) is 4.41. The van der Waals surface area contributed by atoms with Crippen molar-refractivity contribution < 1.29 is 4.74 Å². The van der Waals surface area contributed by atoms with Crippen LogP contribution >= 0.6 is 12.2 Å². The predicted octanol–water partition coefficient (Wildman–Crippen LogP) is 3.31.